The molecule has 1 unspecified atom stereocenters. The number of carbonyl (C=O) groups is 2. The summed E-state index contributed by atoms with van der Waals surface area (Å²) in [6.07, 6.45) is -0.550. The first-order chi connectivity index (χ1) is 8.51. The van der Waals surface area contributed by atoms with Gasteiger partial charge in [-0.2, -0.15) is 0 Å². The molecule has 0 heterocycles. The number of esters is 1. The summed E-state index contributed by atoms with van der Waals surface area (Å²) < 4.78 is 9.59. The van der Waals surface area contributed by atoms with E-state index >= 15 is 0 Å². The van der Waals surface area contributed by atoms with Crippen molar-refractivity contribution in [2.24, 2.45) is 0 Å². The smallest absolute Gasteiger partial charge is 0.338 e. The van der Waals surface area contributed by atoms with Gasteiger partial charge in [0.25, 0.3) is 5.91 Å². The highest BCUT2D eigenvalue weighted by Crippen LogP contribution is 2.20. The predicted octanol–water partition coefficient (Wildman–Crippen LogP) is 1.76. The number of ether oxygens (including phenoxy) is 2. The number of amides is 1. The lowest BCUT2D eigenvalue weighted by Crippen LogP contribution is -2.27. The zero-order valence-electron chi connectivity index (χ0n) is 10.9. The zero-order valence-corrected chi connectivity index (χ0v) is 10.9. The van der Waals surface area contributed by atoms with Crippen molar-refractivity contribution >= 4 is 17.6 Å². The molecule has 5 heteroatoms. The maximum atomic E-state index is 11.7. The molecule has 0 aromatic heterocycles. The SMILES string of the molecule is COC(=O)c1cccc(NC(=O)C(C)OC)c1C. The summed E-state index contributed by atoms with van der Waals surface area (Å²) in [5.74, 6) is -0.689. The van der Waals surface area contributed by atoms with Crippen molar-refractivity contribution in [1.82, 2.24) is 0 Å². The summed E-state index contributed by atoms with van der Waals surface area (Å²) >= 11 is 0. The minimum Gasteiger partial charge on any atom is -0.465 e. The van der Waals surface area contributed by atoms with Crippen molar-refractivity contribution in [2.75, 3.05) is 19.5 Å². The van der Waals surface area contributed by atoms with Gasteiger partial charge in [-0.15, -0.1) is 0 Å². The minimum absolute atomic E-state index is 0.261. The fourth-order valence-corrected chi connectivity index (χ4v) is 1.44. The average Bonchev–Trinajstić information content (AvgIpc) is 2.39. The molecular formula is C13H17NO4. The highest BCUT2D eigenvalue weighted by molar-refractivity contribution is 5.98. The Hall–Kier alpha value is -1.88. The summed E-state index contributed by atoms with van der Waals surface area (Å²) in [5, 5.41) is 2.71. The van der Waals surface area contributed by atoms with Crippen LogP contribution in [0, 0.1) is 6.92 Å². The topological polar surface area (TPSA) is 64.6 Å². The van der Waals surface area contributed by atoms with Gasteiger partial charge >= 0.3 is 5.97 Å². The number of rotatable bonds is 4. The minimum atomic E-state index is -0.550. The third-order valence-corrected chi connectivity index (χ3v) is 2.72. The molecule has 1 atom stereocenters. The number of methoxy groups -OCH3 is 2. The largest absolute Gasteiger partial charge is 0.465 e. The van der Waals surface area contributed by atoms with Gasteiger partial charge in [-0.3, -0.25) is 4.79 Å². The lowest BCUT2D eigenvalue weighted by molar-refractivity contribution is -0.124. The first-order valence-corrected chi connectivity index (χ1v) is 5.52. The van der Waals surface area contributed by atoms with E-state index in [1.54, 1.807) is 32.0 Å². The lowest BCUT2D eigenvalue weighted by Gasteiger charge is -2.14. The van der Waals surface area contributed by atoms with Crippen molar-refractivity contribution in [3.05, 3.63) is 29.3 Å². The van der Waals surface area contributed by atoms with Crippen molar-refractivity contribution in [2.45, 2.75) is 20.0 Å². The number of hydrogen-bond donors (Lipinski definition) is 1. The van der Waals surface area contributed by atoms with Crippen molar-refractivity contribution < 1.29 is 19.1 Å². The van der Waals surface area contributed by atoms with E-state index in [0.717, 1.165) is 0 Å². The molecule has 0 aliphatic heterocycles. The van der Waals surface area contributed by atoms with Gasteiger partial charge in [0, 0.05) is 12.8 Å². The van der Waals surface area contributed by atoms with Gasteiger partial charge in [-0.1, -0.05) is 6.07 Å². The second kappa shape index (κ2) is 6.16. The quantitative estimate of drug-likeness (QED) is 0.828. The van der Waals surface area contributed by atoms with E-state index in [0.29, 0.717) is 16.8 Å². The fraction of sp³-hybridized carbons (Fsp3) is 0.385. The molecule has 0 aliphatic carbocycles. The van der Waals surface area contributed by atoms with E-state index < -0.39 is 12.1 Å². The van der Waals surface area contributed by atoms with Crippen LogP contribution in [0.15, 0.2) is 18.2 Å². The van der Waals surface area contributed by atoms with E-state index in [9.17, 15) is 9.59 Å². The molecule has 0 spiro atoms. The molecule has 98 valence electrons. The first kappa shape index (κ1) is 14.2. The monoisotopic (exact) mass is 251 g/mol. The van der Waals surface area contributed by atoms with E-state index in [1.807, 2.05) is 0 Å². The van der Waals surface area contributed by atoms with Gasteiger partial charge < -0.3 is 14.8 Å². The summed E-state index contributed by atoms with van der Waals surface area (Å²) in [4.78, 5) is 23.2. The van der Waals surface area contributed by atoms with Crippen LogP contribution in [-0.2, 0) is 14.3 Å². The van der Waals surface area contributed by atoms with Crippen LogP contribution in [0.2, 0.25) is 0 Å². The van der Waals surface area contributed by atoms with E-state index in [4.69, 9.17) is 4.74 Å². The number of anilines is 1. The highest BCUT2D eigenvalue weighted by Gasteiger charge is 2.16. The maximum absolute atomic E-state index is 11.7. The predicted molar refractivity (Wildman–Crippen MR) is 67.6 cm³/mol. The van der Waals surface area contributed by atoms with Crippen LogP contribution in [-0.4, -0.2) is 32.2 Å². The summed E-state index contributed by atoms with van der Waals surface area (Å²) in [7, 11) is 2.78. The summed E-state index contributed by atoms with van der Waals surface area (Å²) in [6.45, 7) is 3.40. The van der Waals surface area contributed by atoms with Gasteiger partial charge in [-0.25, -0.2) is 4.79 Å². The van der Waals surface area contributed by atoms with Crippen LogP contribution in [0.3, 0.4) is 0 Å². The van der Waals surface area contributed by atoms with E-state index in [2.05, 4.69) is 10.1 Å². The standard InChI is InChI=1S/C13H17NO4/c1-8-10(13(16)18-4)6-5-7-11(8)14-12(15)9(2)17-3/h5-7,9H,1-4H3,(H,14,15). The Morgan fingerprint density at radius 1 is 1.28 bits per heavy atom. The summed E-state index contributed by atoms with van der Waals surface area (Å²) in [5.41, 5.74) is 1.67. The van der Waals surface area contributed by atoms with Gasteiger partial charge in [0.1, 0.15) is 6.10 Å². The maximum Gasteiger partial charge on any atom is 0.338 e. The molecule has 1 aromatic rings. The Morgan fingerprint density at radius 3 is 2.50 bits per heavy atom. The third-order valence-electron chi connectivity index (χ3n) is 2.72. The molecule has 1 N–H and O–H groups in total. The van der Waals surface area contributed by atoms with Gasteiger partial charge in [0.15, 0.2) is 0 Å². The van der Waals surface area contributed by atoms with Crippen molar-refractivity contribution in [1.29, 1.82) is 0 Å². The second-order valence-corrected chi connectivity index (χ2v) is 3.84. The highest BCUT2D eigenvalue weighted by atomic mass is 16.5. The first-order valence-electron chi connectivity index (χ1n) is 5.52. The summed E-state index contributed by atoms with van der Waals surface area (Å²) in [6, 6.07) is 5.06. The van der Waals surface area contributed by atoms with Crippen LogP contribution in [0.5, 0.6) is 0 Å². The molecule has 0 saturated carbocycles. The fourth-order valence-electron chi connectivity index (χ4n) is 1.44. The van der Waals surface area contributed by atoms with Gasteiger partial charge in [-0.05, 0) is 31.5 Å². The third kappa shape index (κ3) is 3.07. The number of benzene rings is 1. The molecule has 18 heavy (non-hydrogen) atoms. The van der Waals surface area contributed by atoms with Crippen LogP contribution in [0.25, 0.3) is 0 Å². The molecule has 1 rings (SSSR count). The molecule has 0 radical (unpaired) electrons. The Labute approximate surface area is 106 Å². The average molecular weight is 251 g/mol. The molecule has 1 amide bonds. The molecule has 0 fully saturated rings. The van der Waals surface area contributed by atoms with Crippen molar-refractivity contribution in [3.63, 3.8) is 0 Å². The number of hydrogen-bond acceptors (Lipinski definition) is 4. The molecule has 1 aromatic carbocycles. The Kier molecular flexibility index (Phi) is 4.85. The van der Waals surface area contributed by atoms with E-state index in [1.165, 1.54) is 14.2 Å². The molecule has 0 aliphatic rings. The number of carbonyl (C=O) groups excluding carboxylic acids is 2. The molecular weight excluding hydrogens is 234 g/mol. The normalized spacial score (nSPS) is 11.8. The second-order valence-electron chi connectivity index (χ2n) is 3.84. The zero-order chi connectivity index (χ0) is 13.7. The molecule has 0 saturated heterocycles. The van der Waals surface area contributed by atoms with Crippen LogP contribution in [0.1, 0.15) is 22.8 Å². The molecule has 0 bridgehead atoms. The van der Waals surface area contributed by atoms with Crippen LogP contribution in [0.4, 0.5) is 5.69 Å². The Morgan fingerprint density at radius 2 is 1.94 bits per heavy atom. The number of nitrogens with one attached hydrogen (secondary N) is 1. The van der Waals surface area contributed by atoms with Crippen LogP contribution >= 0.6 is 0 Å². The Bertz CT molecular complexity index is 456. The lowest BCUT2D eigenvalue weighted by atomic mass is 10.1. The Balaban J connectivity index is 2.98. The van der Waals surface area contributed by atoms with Crippen LogP contribution < -0.4 is 5.32 Å². The van der Waals surface area contributed by atoms with Gasteiger partial charge in [0.05, 0.1) is 12.7 Å². The van der Waals surface area contributed by atoms with Crippen molar-refractivity contribution in [3.8, 4) is 0 Å². The van der Waals surface area contributed by atoms with Gasteiger partial charge in [0.2, 0.25) is 0 Å². The molecule has 5 nitrogen and oxygen atoms in total. The van der Waals surface area contributed by atoms with E-state index in [-0.39, 0.29) is 5.91 Å².